The summed E-state index contributed by atoms with van der Waals surface area (Å²) in [6.45, 7) is 12.6. The first-order chi connectivity index (χ1) is 7.50. The van der Waals surface area contributed by atoms with Crippen molar-refractivity contribution >= 4 is 0 Å². The molecule has 0 saturated heterocycles. The molecule has 0 aliphatic rings. The molecule has 0 atom stereocenters. The van der Waals surface area contributed by atoms with E-state index in [1.54, 1.807) is 0 Å². The van der Waals surface area contributed by atoms with E-state index in [9.17, 15) is 0 Å². The van der Waals surface area contributed by atoms with Crippen LogP contribution < -0.4 is 5.32 Å². The van der Waals surface area contributed by atoms with Crippen molar-refractivity contribution in [3.63, 3.8) is 0 Å². The molecule has 0 bridgehead atoms. The number of nitrogens with zero attached hydrogens (tertiary/aromatic N) is 2. The largest absolute Gasteiger partial charge is 0.340 e. The number of hydrogen-bond donors (Lipinski definition) is 1. The van der Waals surface area contributed by atoms with Crippen molar-refractivity contribution in [2.75, 3.05) is 6.54 Å². The molecule has 0 amide bonds. The third-order valence-corrected chi connectivity index (χ3v) is 2.95. The Morgan fingerprint density at radius 3 is 2.25 bits per heavy atom. The predicted octanol–water partition coefficient (Wildman–Crippen LogP) is 2.40. The summed E-state index contributed by atoms with van der Waals surface area (Å²) in [5.41, 5.74) is 0. The zero-order valence-corrected chi connectivity index (χ0v) is 10.9. The highest BCUT2D eigenvalue weighted by Gasteiger charge is 2.16. The van der Waals surface area contributed by atoms with Crippen LogP contribution in [0, 0.1) is 24.7 Å². The van der Waals surface area contributed by atoms with Gasteiger partial charge in [-0.2, -0.15) is 4.98 Å². The van der Waals surface area contributed by atoms with Crippen molar-refractivity contribution in [2.45, 2.75) is 41.2 Å². The van der Waals surface area contributed by atoms with Gasteiger partial charge in [0, 0.05) is 6.92 Å². The number of aromatic nitrogens is 2. The molecule has 0 aliphatic carbocycles. The zero-order chi connectivity index (χ0) is 12.1. The van der Waals surface area contributed by atoms with Crippen molar-refractivity contribution in [1.29, 1.82) is 0 Å². The topological polar surface area (TPSA) is 51.0 Å². The fraction of sp³-hybridized carbons (Fsp3) is 0.833. The Bertz CT molecular complexity index is 299. The molecule has 1 rings (SSSR count). The first-order valence-electron chi connectivity index (χ1n) is 6.00. The summed E-state index contributed by atoms with van der Waals surface area (Å²) in [4.78, 5) is 4.16. The van der Waals surface area contributed by atoms with E-state index in [1.165, 1.54) is 0 Å². The minimum atomic E-state index is 0.626. The van der Waals surface area contributed by atoms with Gasteiger partial charge >= 0.3 is 0 Å². The molecule has 92 valence electrons. The molecule has 0 spiro atoms. The molecule has 0 aliphatic heterocycles. The molecule has 0 radical (unpaired) electrons. The molecule has 0 saturated carbocycles. The summed E-state index contributed by atoms with van der Waals surface area (Å²) in [6, 6.07) is 0. The van der Waals surface area contributed by atoms with Crippen LogP contribution in [0.25, 0.3) is 0 Å². The maximum Gasteiger partial charge on any atom is 0.223 e. The molecule has 1 aromatic heterocycles. The van der Waals surface area contributed by atoms with E-state index in [1.807, 2.05) is 6.92 Å². The molecule has 4 heteroatoms. The Labute approximate surface area is 97.8 Å². The molecular weight excluding hydrogens is 202 g/mol. The fourth-order valence-electron chi connectivity index (χ4n) is 2.00. The summed E-state index contributed by atoms with van der Waals surface area (Å²) < 4.78 is 4.92. The second-order valence-electron chi connectivity index (χ2n) is 5.01. The van der Waals surface area contributed by atoms with Gasteiger partial charge in [0.2, 0.25) is 5.89 Å². The standard InChI is InChI=1S/C12H23N3O/c1-8(2)11(9(3)4)6-13-7-12-14-10(5)16-15-12/h8-9,11,13H,6-7H2,1-5H3. The van der Waals surface area contributed by atoms with Crippen molar-refractivity contribution in [3.05, 3.63) is 11.7 Å². The average molecular weight is 225 g/mol. The van der Waals surface area contributed by atoms with Gasteiger partial charge in [-0.3, -0.25) is 0 Å². The monoisotopic (exact) mass is 225 g/mol. The maximum absolute atomic E-state index is 4.92. The van der Waals surface area contributed by atoms with E-state index >= 15 is 0 Å². The number of nitrogens with one attached hydrogen (secondary N) is 1. The smallest absolute Gasteiger partial charge is 0.223 e. The second-order valence-corrected chi connectivity index (χ2v) is 5.01. The molecule has 16 heavy (non-hydrogen) atoms. The van der Waals surface area contributed by atoms with Crippen molar-refractivity contribution < 1.29 is 4.52 Å². The summed E-state index contributed by atoms with van der Waals surface area (Å²) in [5, 5.41) is 7.25. The highest BCUT2D eigenvalue weighted by Crippen LogP contribution is 2.19. The van der Waals surface area contributed by atoms with E-state index < -0.39 is 0 Å². The molecule has 1 N–H and O–H groups in total. The molecule has 1 aromatic rings. The molecule has 0 unspecified atom stereocenters. The lowest BCUT2D eigenvalue weighted by atomic mass is 9.85. The summed E-state index contributed by atoms with van der Waals surface area (Å²) in [5.74, 6) is 3.44. The molecular formula is C12H23N3O. The van der Waals surface area contributed by atoms with Gasteiger partial charge in [-0.1, -0.05) is 32.9 Å². The minimum absolute atomic E-state index is 0.626. The van der Waals surface area contributed by atoms with Gasteiger partial charge < -0.3 is 9.84 Å². The number of aryl methyl sites for hydroxylation is 1. The van der Waals surface area contributed by atoms with Gasteiger partial charge in [-0.05, 0) is 24.3 Å². The lowest BCUT2D eigenvalue weighted by Crippen LogP contribution is -2.29. The Balaban J connectivity index is 2.33. The minimum Gasteiger partial charge on any atom is -0.340 e. The highest BCUT2D eigenvalue weighted by atomic mass is 16.5. The molecule has 0 aromatic carbocycles. The first kappa shape index (κ1) is 13.2. The van der Waals surface area contributed by atoms with E-state index in [0.29, 0.717) is 30.2 Å². The Kier molecular flexibility index (Phi) is 4.93. The van der Waals surface area contributed by atoms with Crippen LogP contribution >= 0.6 is 0 Å². The van der Waals surface area contributed by atoms with Crippen LogP contribution in [-0.4, -0.2) is 16.7 Å². The second kappa shape index (κ2) is 5.99. The van der Waals surface area contributed by atoms with Gasteiger partial charge in [0.1, 0.15) is 0 Å². The Morgan fingerprint density at radius 2 is 1.81 bits per heavy atom. The Morgan fingerprint density at radius 1 is 1.19 bits per heavy atom. The van der Waals surface area contributed by atoms with Gasteiger partial charge in [-0.25, -0.2) is 0 Å². The molecule has 0 fully saturated rings. The predicted molar refractivity (Wildman–Crippen MR) is 63.9 cm³/mol. The van der Waals surface area contributed by atoms with Crippen LogP contribution in [-0.2, 0) is 6.54 Å². The van der Waals surface area contributed by atoms with E-state index in [2.05, 4.69) is 43.2 Å². The summed E-state index contributed by atoms with van der Waals surface area (Å²) in [6.07, 6.45) is 0. The number of hydrogen-bond acceptors (Lipinski definition) is 4. The van der Waals surface area contributed by atoms with Crippen LogP contribution in [0.5, 0.6) is 0 Å². The number of rotatable bonds is 6. The average Bonchev–Trinajstić information content (AvgIpc) is 2.57. The van der Waals surface area contributed by atoms with Crippen LogP contribution in [0.3, 0.4) is 0 Å². The van der Waals surface area contributed by atoms with Crippen LogP contribution in [0.4, 0.5) is 0 Å². The zero-order valence-electron chi connectivity index (χ0n) is 10.9. The lowest BCUT2D eigenvalue weighted by molar-refractivity contribution is 0.274. The normalized spacial score (nSPS) is 12.0. The van der Waals surface area contributed by atoms with Crippen molar-refractivity contribution in [1.82, 2.24) is 15.5 Å². The van der Waals surface area contributed by atoms with Gasteiger partial charge in [0.15, 0.2) is 5.82 Å². The SMILES string of the molecule is Cc1nc(CNCC(C(C)C)C(C)C)no1. The van der Waals surface area contributed by atoms with Crippen LogP contribution in [0.2, 0.25) is 0 Å². The van der Waals surface area contributed by atoms with Crippen LogP contribution in [0.15, 0.2) is 4.52 Å². The van der Waals surface area contributed by atoms with E-state index in [-0.39, 0.29) is 0 Å². The van der Waals surface area contributed by atoms with Gasteiger partial charge in [0.25, 0.3) is 0 Å². The lowest BCUT2D eigenvalue weighted by Gasteiger charge is -2.24. The quantitative estimate of drug-likeness (QED) is 0.807. The molecule has 1 heterocycles. The van der Waals surface area contributed by atoms with Gasteiger partial charge in [0.05, 0.1) is 6.54 Å². The first-order valence-corrected chi connectivity index (χ1v) is 6.00. The van der Waals surface area contributed by atoms with Crippen molar-refractivity contribution in [3.8, 4) is 0 Å². The van der Waals surface area contributed by atoms with Crippen molar-refractivity contribution in [2.24, 2.45) is 17.8 Å². The van der Waals surface area contributed by atoms with E-state index in [0.717, 1.165) is 12.4 Å². The fourth-order valence-corrected chi connectivity index (χ4v) is 2.00. The van der Waals surface area contributed by atoms with Gasteiger partial charge in [-0.15, -0.1) is 0 Å². The Hall–Kier alpha value is -0.900. The molecule has 4 nitrogen and oxygen atoms in total. The third-order valence-electron chi connectivity index (χ3n) is 2.95. The van der Waals surface area contributed by atoms with E-state index in [4.69, 9.17) is 4.52 Å². The highest BCUT2D eigenvalue weighted by molar-refractivity contribution is 4.83. The summed E-state index contributed by atoms with van der Waals surface area (Å²) >= 11 is 0. The van der Waals surface area contributed by atoms with Crippen LogP contribution in [0.1, 0.15) is 39.4 Å². The maximum atomic E-state index is 4.92. The third kappa shape index (κ3) is 3.93. The summed E-state index contributed by atoms with van der Waals surface area (Å²) in [7, 11) is 0.